The molecule has 0 saturated carbocycles. The number of amides is 2. The SMILES string of the molecule is CC1CCN(C(=O)[C@H](C)[C@H]2NC(=O)C2[C@@H](C)O)CC1. The van der Waals surface area contributed by atoms with Gasteiger partial charge in [0.15, 0.2) is 0 Å². The van der Waals surface area contributed by atoms with Crippen LogP contribution < -0.4 is 5.32 Å². The Balaban J connectivity index is 1.94. The summed E-state index contributed by atoms with van der Waals surface area (Å²) in [6.45, 7) is 7.28. The first-order chi connectivity index (χ1) is 8.91. The molecule has 0 radical (unpaired) electrons. The van der Waals surface area contributed by atoms with Crippen molar-refractivity contribution in [3.05, 3.63) is 0 Å². The smallest absolute Gasteiger partial charge is 0.228 e. The Kier molecular flexibility index (Phi) is 4.13. The van der Waals surface area contributed by atoms with Crippen LogP contribution in [0.4, 0.5) is 0 Å². The fraction of sp³-hybridized carbons (Fsp3) is 0.857. The Bertz CT molecular complexity index is 362. The summed E-state index contributed by atoms with van der Waals surface area (Å²) in [5, 5.41) is 12.4. The van der Waals surface area contributed by atoms with Gasteiger partial charge in [-0.2, -0.15) is 0 Å². The highest BCUT2D eigenvalue weighted by Gasteiger charge is 2.47. The minimum absolute atomic E-state index is 0.0996. The number of rotatable bonds is 3. The molecule has 2 N–H and O–H groups in total. The van der Waals surface area contributed by atoms with E-state index >= 15 is 0 Å². The van der Waals surface area contributed by atoms with Crippen LogP contribution in [0.5, 0.6) is 0 Å². The van der Waals surface area contributed by atoms with E-state index in [1.807, 2.05) is 11.8 Å². The normalized spacial score (nSPS) is 31.4. The second-order valence-corrected chi connectivity index (χ2v) is 6.10. The van der Waals surface area contributed by atoms with Crippen LogP contribution in [0, 0.1) is 17.8 Å². The number of likely N-dealkylation sites (tertiary alicyclic amines) is 1. The van der Waals surface area contributed by atoms with Gasteiger partial charge in [0.1, 0.15) is 0 Å². The van der Waals surface area contributed by atoms with E-state index in [0.29, 0.717) is 5.92 Å². The van der Waals surface area contributed by atoms with Crippen molar-refractivity contribution in [1.29, 1.82) is 0 Å². The molecule has 2 fully saturated rings. The quantitative estimate of drug-likeness (QED) is 0.727. The minimum atomic E-state index is -0.699. The molecule has 2 amide bonds. The van der Waals surface area contributed by atoms with Gasteiger partial charge in [-0.15, -0.1) is 0 Å². The van der Waals surface area contributed by atoms with Crippen molar-refractivity contribution < 1.29 is 14.7 Å². The topological polar surface area (TPSA) is 69.6 Å². The molecule has 0 aromatic carbocycles. The summed E-state index contributed by atoms with van der Waals surface area (Å²) in [5.74, 6) is -0.0594. The third-order valence-electron chi connectivity index (χ3n) is 4.54. The van der Waals surface area contributed by atoms with Crippen molar-refractivity contribution in [2.45, 2.75) is 45.8 Å². The fourth-order valence-electron chi connectivity index (χ4n) is 3.04. The van der Waals surface area contributed by atoms with Gasteiger partial charge < -0.3 is 15.3 Å². The first-order valence-corrected chi connectivity index (χ1v) is 7.19. The number of hydrogen-bond donors (Lipinski definition) is 2. The molecule has 2 heterocycles. The molecule has 2 aliphatic rings. The standard InChI is InChI=1S/C14H24N2O3/c1-8-4-6-16(7-5-8)14(19)9(2)12-11(10(3)17)13(18)15-12/h8-12,17H,4-7H2,1-3H3,(H,15,18)/t9-,10-,11?,12-/m1/s1. The number of aliphatic hydroxyl groups excluding tert-OH is 1. The van der Waals surface area contributed by atoms with Crippen LogP contribution in [0.15, 0.2) is 0 Å². The Morgan fingerprint density at radius 3 is 2.42 bits per heavy atom. The third kappa shape index (κ3) is 2.76. The predicted molar refractivity (Wildman–Crippen MR) is 71.2 cm³/mol. The molecule has 2 saturated heterocycles. The Hall–Kier alpha value is -1.10. The Morgan fingerprint density at radius 1 is 1.37 bits per heavy atom. The van der Waals surface area contributed by atoms with Crippen molar-refractivity contribution in [2.75, 3.05) is 13.1 Å². The van der Waals surface area contributed by atoms with Crippen molar-refractivity contribution >= 4 is 11.8 Å². The molecule has 5 nitrogen and oxygen atoms in total. The molecule has 108 valence electrons. The van der Waals surface area contributed by atoms with Crippen LogP contribution >= 0.6 is 0 Å². The lowest BCUT2D eigenvalue weighted by atomic mass is 9.78. The lowest BCUT2D eigenvalue weighted by molar-refractivity contribution is -0.149. The van der Waals surface area contributed by atoms with Crippen LogP contribution in [-0.2, 0) is 9.59 Å². The largest absolute Gasteiger partial charge is 0.393 e. The summed E-state index contributed by atoms with van der Waals surface area (Å²) in [4.78, 5) is 25.7. The van der Waals surface area contributed by atoms with Gasteiger partial charge in [-0.25, -0.2) is 0 Å². The van der Waals surface area contributed by atoms with Crippen LogP contribution in [0.1, 0.15) is 33.6 Å². The zero-order valence-corrected chi connectivity index (χ0v) is 11.9. The summed E-state index contributed by atoms with van der Waals surface area (Å²) >= 11 is 0. The van der Waals surface area contributed by atoms with Gasteiger partial charge in [0.05, 0.1) is 24.0 Å². The number of nitrogens with one attached hydrogen (secondary N) is 1. The maximum atomic E-state index is 12.4. The monoisotopic (exact) mass is 268 g/mol. The van der Waals surface area contributed by atoms with E-state index in [-0.39, 0.29) is 23.8 Å². The summed E-state index contributed by atoms with van der Waals surface area (Å²) in [6, 6.07) is -0.223. The van der Waals surface area contributed by atoms with Crippen LogP contribution in [0.25, 0.3) is 0 Å². The van der Waals surface area contributed by atoms with Crippen molar-refractivity contribution in [3.8, 4) is 0 Å². The molecule has 0 spiro atoms. The number of β-lactam (4-membered cyclic amide) rings is 1. The number of nitrogens with zero attached hydrogens (tertiary/aromatic N) is 1. The fourth-order valence-corrected chi connectivity index (χ4v) is 3.04. The summed E-state index contributed by atoms with van der Waals surface area (Å²) in [7, 11) is 0. The number of carbonyl (C=O) groups excluding carboxylic acids is 2. The summed E-state index contributed by atoms with van der Waals surface area (Å²) < 4.78 is 0. The zero-order valence-electron chi connectivity index (χ0n) is 11.9. The maximum Gasteiger partial charge on any atom is 0.228 e. The highest BCUT2D eigenvalue weighted by Crippen LogP contribution is 2.28. The number of aliphatic hydroxyl groups is 1. The van der Waals surface area contributed by atoms with Crippen LogP contribution in [0.2, 0.25) is 0 Å². The minimum Gasteiger partial charge on any atom is -0.393 e. The third-order valence-corrected chi connectivity index (χ3v) is 4.54. The summed E-state index contributed by atoms with van der Waals surface area (Å²) in [6.07, 6.45) is 1.40. The molecule has 19 heavy (non-hydrogen) atoms. The van der Waals surface area contributed by atoms with Crippen LogP contribution in [0.3, 0.4) is 0 Å². The molecule has 0 bridgehead atoms. The van der Waals surface area contributed by atoms with E-state index in [4.69, 9.17) is 0 Å². The highest BCUT2D eigenvalue weighted by atomic mass is 16.3. The predicted octanol–water partition coefficient (Wildman–Crippen LogP) is 0.376. The molecule has 5 heteroatoms. The number of piperidine rings is 1. The maximum absolute atomic E-state index is 12.4. The van der Waals surface area contributed by atoms with Gasteiger partial charge in [-0.1, -0.05) is 13.8 Å². The molecule has 1 unspecified atom stereocenters. The lowest BCUT2D eigenvalue weighted by Crippen LogP contribution is -2.66. The lowest BCUT2D eigenvalue weighted by Gasteiger charge is -2.43. The number of hydrogen-bond acceptors (Lipinski definition) is 3. The first-order valence-electron chi connectivity index (χ1n) is 7.19. The van der Waals surface area contributed by atoms with Gasteiger partial charge in [-0.3, -0.25) is 9.59 Å². The van der Waals surface area contributed by atoms with E-state index in [2.05, 4.69) is 12.2 Å². The van der Waals surface area contributed by atoms with Crippen molar-refractivity contribution in [1.82, 2.24) is 10.2 Å². The van der Waals surface area contributed by atoms with Crippen molar-refractivity contribution in [2.24, 2.45) is 17.8 Å². The molecule has 0 aromatic heterocycles. The van der Waals surface area contributed by atoms with Crippen LogP contribution in [-0.4, -0.2) is 47.1 Å². The molecule has 0 aromatic rings. The van der Waals surface area contributed by atoms with Gasteiger partial charge in [-0.05, 0) is 25.7 Å². The summed E-state index contributed by atoms with van der Waals surface area (Å²) in [5.41, 5.74) is 0. The van der Waals surface area contributed by atoms with E-state index in [9.17, 15) is 14.7 Å². The van der Waals surface area contributed by atoms with Gasteiger partial charge >= 0.3 is 0 Å². The molecule has 2 aliphatic heterocycles. The second-order valence-electron chi connectivity index (χ2n) is 6.10. The highest BCUT2D eigenvalue weighted by molar-refractivity contribution is 5.90. The van der Waals surface area contributed by atoms with E-state index in [1.165, 1.54) is 0 Å². The Labute approximate surface area is 114 Å². The van der Waals surface area contributed by atoms with E-state index < -0.39 is 12.0 Å². The van der Waals surface area contributed by atoms with Gasteiger partial charge in [0.25, 0.3) is 0 Å². The van der Waals surface area contributed by atoms with Gasteiger partial charge in [0, 0.05) is 13.1 Å². The van der Waals surface area contributed by atoms with Crippen molar-refractivity contribution in [3.63, 3.8) is 0 Å². The molecule has 2 rings (SSSR count). The number of carbonyl (C=O) groups is 2. The average molecular weight is 268 g/mol. The first kappa shape index (κ1) is 14.3. The Morgan fingerprint density at radius 2 is 1.95 bits per heavy atom. The average Bonchev–Trinajstić information content (AvgIpc) is 2.34. The van der Waals surface area contributed by atoms with E-state index in [0.717, 1.165) is 25.9 Å². The molecular weight excluding hydrogens is 244 g/mol. The molecular formula is C14H24N2O3. The molecule has 4 atom stereocenters. The van der Waals surface area contributed by atoms with Gasteiger partial charge in [0.2, 0.25) is 11.8 Å². The second kappa shape index (κ2) is 5.49. The van der Waals surface area contributed by atoms with E-state index in [1.54, 1.807) is 6.92 Å². The molecule has 0 aliphatic carbocycles. The zero-order chi connectivity index (χ0) is 14.2.